The molecule has 2 fully saturated rings. The van der Waals surface area contributed by atoms with E-state index in [4.69, 9.17) is 0 Å². The molecule has 1 saturated heterocycles. The van der Waals surface area contributed by atoms with E-state index in [0.717, 1.165) is 36.4 Å². The van der Waals surface area contributed by atoms with E-state index in [0.29, 0.717) is 18.0 Å². The van der Waals surface area contributed by atoms with Crippen molar-refractivity contribution in [1.82, 2.24) is 4.31 Å². The number of nitrogens with one attached hydrogen (secondary N) is 1. The Hall–Kier alpha value is -1.17. The van der Waals surface area contributed by atoms with Gasteiger partial charge in [-0.1, -0.05) is 29.8 Å². The molecule has 1 N–H and O–H groups in total. The lowest BCUT2D eigenvalue weighted by molar-refractivity contribution is -0.907. The fourth-order valence-corrected chi connectivity index (χ4v) is 6.05. The van der Waals surface area contributed by atoms with Gasteiger partial charge >= 0.3 is 0 Å². The van der Waals surface area contributed by atoms with Gasteiger partial charge in [0.25, 0.3) is 0 Å². The highest BCUT2D eigenvalue weighted by Gasteiger charge is 2.39. The van der Waals surface area contributed by atoms with Crippen LogP contribution in [0.15, 0.2) is 41.3 Å². The van der Waals surface area contributed by atoms with Crippen LogP contribution < -0.4 is 4.90 Å². The maximum atomic E-state index is 12.8. The van der Waals surface area contributed by atoms with E-state index in [-0.39, 0.29) is 0 Å². The van der Waals surface area contributed by atoms with E-state index in [2.05, 4.69) is 12.2 Å². The van der Waals surface area contributed by atoms with Gasteiger partial charge in [0.1, 0.15) is 0 Å². The largest absolute Gasteiger partial charge is 0.332 e. The van der Waals surface area contributed by atoms with Crippen molar-refractivity contribution < 1.29 is 13.3 Å². The van der Waals surface area contributed by atoms with Crippen LogP contribution in [0.3, 0.4) is 0 Å². The van der Waals surface area contributed by atoms with Gasteiger partial charge in [-0.05, 0) is 43.7 Å². The molecule has 1 heterocycles. The summed E-state index contributed by atoms with van der Waals surface area (Å²) in [5, 5.41) is 0. The van der Waals surface area contributed by atoms with Crippen LogP contribution in [0.4, 0.5) is 0 Å². The van der Waals surface area contributed by atoms with Crippen molar-refractivity contribution in [2.24, 2.45) is 17.8 Å². The molecule has 4 nitrogen and oxygen atoms in total. The molecular weight excluding hydrogens is 320 g/mol. The molecule has 1 aromatic rings. The number of hydrogen-bond acceptors (Lipinski definition) is 2. The van der Waals surface area contributed by atoms with Crippen molar-refractivity contribution in [1.29, 1.82) is 0 Å². The molecule has 1 saturated carbocycles. The molecule has 3 atom stereocenters. The summed E-state index contributed by atoms with van der Waals surface area (Å²) >= 11 is 0. The third-order valence-corrected chi connectivity index (χ3v) is 7.97. The first kappa shape index (κ1) is 16.3. The normalized spacial score (nSPS) is 31.0. The van der Waals surface area contributed by atoms with Crippen LogP contribution in [-0.2, 0) is 10.0 Å². The van der Waals surface area contributed by atoms with Gasteiger partial charge < -0.3 is 4.90 Å². The van der Waals surface area contributed by atoms with Crippen molar-refractivity contribution in [3.8, 4) is 0 Å². The van der Waals surface area contributed by atoms with Crippen molar-refractivity contribution in [3.05, 3.63) is 42.0 Å². The minimum Gasteiger partial charge on any atom is -0.332 e. The van der Waals surface area contributed by atoms with E-state index in [1.54, 1.807) is 21.3 Å². The highest BCUT2D eigenvalue weighted by Crippen LogP contribution is 2.42. The number of piperazine rings is 1. The number of quaternary nitrogens is 1. The summed E-state index contributed by atoms with van der Waals surface area (Å²) in [7, 11) is -3.33. The van der Waals surface area contributed by atoms with Gasteiger partial charge in [-0.2, -0.15) is 4.31 Å². The number of sulfonamides is 1. The molecule has 2 bridgehead atoms. The molecule has 0 unspecified atom stereocenters. The number of fused-ring (bicyclic) bond motifs is 2. The lowest BCUT2D eigenvalue weighted by Gasteiger charge is -2.33. The van der Waals surface area contributed by atoms with E-state index in [1.807, 2.05) is 19.1 Å². The Morgan fingerprint density at radius 3 is 2.38 bits per heavy atom. The Labute approximate surface area is 145 Å². The fourth-order valence-electron chi connectivity index (χ4n) is 4.61. The molecule has 2 aliphatic carbocycles. The van der Waals surface area contributed by atoms with E-state index in [1.165, 1.54) is 19.4 Å². The number of nitrogens with zero attached hydrogens (tertiary/aromatic N) is 1. The summed E-state index contributed by atoms with van der Waals surface area (Å²) in [4.78, 5) is 2.01. The Balaban J connectivity index is 1.35. The Kier molecular flexibility index (Phi) is 4.27. The van der Waals surface area contributed by atoms with Crippen LogP contribution in [0, 0.1) is 24.7 Å². The molecule has 3 aliphatic rings. The summed E-state index contributed by atoms with van der Waals surface area (Å²) < 4.78 is 27.2. The molecule has 0 aromatic heterocycles. The molecule has 5 heteroatoms. The van der Waals surface area contributed by atoms with Crippen LogP contribution in [0.1, 0.15) is 18.4 Å². The minimum atomic E-state index is -3.33. The predicted molar refractivity (Wildman–Crippen MR) is 94.3 cm³/mol. The number of allylic oxidation sites excluding steroid dienone is 2. The summed E-state index contributed by atoms with van der Waals surface area (Å²) in [5.41, 5.74) is 1.09. The molecular formula is C19H27N2O2S+. The Morgan fingerprint density at radius 2 is 1.79 bits per heavy atom. The van der Waals surface area contributed by atoms with Gasteiger partial charge in [0.2, 0.25) is 10.0 Å². The maximum Gasteiger partial charge on any atom is 0.243 e. The first-order valence-electron chi connectivity index (χ1n) is 9.11. The zero-order valence-corrected chi connectivity index (χ0v) is 15.1. The van der Waals surface area contributed by atoms with Gasteiger partial charge in [-0.15, -0.1) is 0 Å². The average molecular weight is 348 g/mol. The molecule has 4 rings (SSSR count). The number of aryl methyl sites for hydroxylation is 1. The highest BCUT2D eigenvalue weighted by atomic mass is 32.2. The van der Waals surface area contributed by atoms with Gasteiger partial charge in [0.05, 0.1) is 37.6 Å². The maximum absolute atomic E-state index is 12.8. The SMILES string of the molecule is Cc1ccc(S(=O)(=O)N2CC[NH+](C[C@@H]3C[C@@H]4C=C[C@H]3C4)CC2)cc1. The molecule has 0 spiro atoms. The Bertz CT molecular complexity index is 718. The second-order valence-corrected chi connectivity index (χ2v) is 9.65. The van der Waals surface area contributed by atoms with Crippen LogP contribution >= 0.6 is 0 Å². The van der Waals surface area contributed by atoms with E-state index < -0.39 is 10.0 Å². The molecule has 0 radical (unpaired) electrons. The highest BCUT2D eigenvalue weighted by molar-refractivity contribution is 7.89. The smallest absolute Gasteiger partial charge is 0.243 e. The fraction of sp³-hybridized carbons (Fsp3) is 0.579. The summed E-state index contributed by atoms with van der Waals surface area (Å²) in [5.74, 6) is 2.43. The third-order valence-electron chi connectivity index (χ3n) is 6.06. The summed E-state index contributed by atoms with van der Waals surface area (Å²) in [6, 6.07) is 7.20. The number of rotatable bonds is 4. The number of benzene rings is 1. The zero-order valence-electron chi connectivity index (χ0n) is 14.3. The minimum absolute atomic E-state index is 0.426. The third kappa shape index (κ3) is 3.05. The zero-order chi connectivity index (χ0) is 16.7. The topological polar surface area (TPSA) is 41.8 Å². The molecule has 1 aliphatic heterocycles. The van der Waals surface area contributed by atoms with Crippen LogP contribution in [0.25, 0.3) is 0 Å². The lowest BCUT2D eigenvalue weighted by atomic mass is 9.93. The first-order chi connectivity index (χ1) is 11.5. The van der Waals surface area contributed by atoms with Crippen LogP contribution in [-0.4, -0.2) is 45.4 Å². The molecule has 1 aromatic carbocycles. The first-order valence-corrected chi connectivity index (χ1v) is 10.5. The van der Waals surface area contributed by atoms with Crippen molar-refractivity contribution >= 4 is 10.0 Å². The quantitative estimate of drug-likeness (QED) is 0.829. The van der Waals surface area contributed by atoms with Gasteiger partial charge in [-0.25, -0.2) is 8.42 Å². The average Bonchev–Trinajstić information content (AvgIpc) is 3.19. The molecule has 24 heavy (non-hydrogen) atoms. The van der Waals surface area contributed by atoms with Crippen molar-refractivity contribution in [2.75, 3.05) is 32.7 Å². The van der Waals surface area contributed by atoms with E-state index in [9.17, 15) is 8.42 Å². The summed E-state index contributed by atoms with van der Waals surface area (Å²) in [6.07, 6.45) is 7.50. The second kappa shape index (κ2) is 6.28. The van der Waals surface area contributed by atoms with Gasteiger partial charge in [0, 0.05) is 5.92 Å². The summed E-state index contributed by atoms with van der Waals surface area (Å²) in [6.45, 7) is 6.34. The Morgan fingerprint density at radius 1 is 1.08 bits per heavy atom. The van der Waals surface area contributed by atoms with Crippen LogP contribution in [0.2, 0.25) is 0 Å². The van der Waals surface area contributed by atoms with Gasteiger partial charge in [-0.3, -0.25) is 0 Å². The van der Waals surface area contributed by atoms with Crippen molar-refractivity contribution in [3.63, 3.8) is 0 Å². The second-order valence-electron chi connectivity index (χ2n) is 7.71. The van der Waals surface area contributed by atoms with Crippen molar-refractivity contribution in [2.45, 2.75) is 24.7 Å². The van der Waals surface area contributed by atoms with Gasteiger partial charge in [0.15, 0.2) is 0 Å². The predicted octanol–water partition coefficient (Wildman–Crippen LogP) is 1.10. The molecule has 0 amide bonds. The monoisotopic (exact) mass is 347 g/mol. The number of hydrogen-bond donors (Lipinski definition) is 1. The van der Waals surface area contributed by atoms with E-state index >= 15 is 0 Å². The standard InChI is InChI=1S/C19H26N2O2S/c1-15-2-6-19(7-3-15)24(22,23)21-10-8-20(9-11-21)14-18-13-16-4-5-17(18)12-16/h2-7,16-18H,8-14H2,1H3/p+1/t16-,17+,18+/m1/s1. The lowest BCUT2D eigenvalue weighted by Crippen LogP contribution is -3.15. The van der Waals surface area contributed by atoms with Crippen LogP contribution in [0.5, 0.6) is 0 Å². The molecule has 130 valence electrons.